The first kappa shape index (κ1) is 15.9. The summed E-state index contributed by atoms with van der Waals surface area (Å²) in [4.78, 5) is 23.6. The van der Waals surface area contributed by atoms with Crippen LogP contribution in [0.15, 0.2) is 35.2 Å². The van der Waals surface area contributed by atoms with E-state index in [0.29, 0.717) is 5.75 Å². The smallest absolute Gasteiger partial charge is 0.345 e. The summed E-state index contributed by atoms with van der Waals surface area (Å²) in [6.07, 6.45) is -1.14. The van der Waals surface area contributed by atoms with E-state index in [4.69, 9.17) is 9.84 Å². The fourth-order valence-corrected chi connectivity index (χ4v) is 2.23. The number of carboxylic acid groups (broad SMARTS) is 1. The van der Waals surface area contributed by atoms with E-state index < -0.39 is 24.0 Å². The number of esters is 1. The summed E-state index contributed by atoms with van der Waals surface area (Å²) >= 11 is 5.33. The fraction of sp³-hybridized carbons (Fsp3) is 0.385. The Hall–Kier alpha value is -1.14. The first-order chi connectivity index (χ1) is 9.04. The number of carbonyl (C=O) groups excluding carboxylic acids is 1. The molecule has 4 nitrogen and oxygen atoms in total. The molecule has 1 N–H and O–H groups in total. The number of hydrogen-bond donors (Lipinski definition) is 2. The highest BCUT2D eigenvalue weighted by molar-refractivity contribution is 7.99. The van der Waals surface area contributed by atoms with E-state index in [1.165, 1.54) is 11.8 Å². The molecule has 0 bridgehead atoms. The van der Waals surface area contributed by atoms with Gasteiger partial charge in [-0.3, -0.25) is 4.79 Å². The average Bonchev–Trinajstić information content (AvgIpc) is 2.42. The number of rotatable bonds is 7. The molecular weight excluding hydrogens is 284 g/mol. The summed E-state index contributed by atoms with van der Waals surface area (Å²) in [5.41, 5.74) is 0. The van der Waals surface area contributed by atoms with Gasteiger partial charge in [-0.15, -0.1) is 11.8 Å². The van der Waals surface area contributed by atoms with Gasteiger partial charge in [0.2, 0.25) is 6.10 Å². The van der Waals surface area contributed by atoms with Crippen molar-refractivity contribution in [1.82, 2.24) is 0 Å². The summed E-state index contributed by atoms with van der Waals surface area (Å²) in [5, 5.41) is 9.04. The van der Waals surface area contributed by atoms with Crippen LogP contribution < -0.4 is 0 Å². The van der Waals surface area contributed by atoms with Gasteiger partial charge in [-0.05, 0) is 12.1 Å². The van der Waals surface area contributed by atoms with Crippen molar-refractivity contribution in [2.24, 2.45) is 5.92 Å². The molecule has 1 aromatic carbocycles. The van der Waals surface area contributed by atoms with E-state index in [9.17, 15) is 9.59 Å². The van der Waals surface area contributed by atoms with E-state index in [0.717, 1.165) is 4.90 Å². The Bertz CT molecular complexity index is 422. The lowest BCUT2D eigenvalue weighted by atomic mass is 10.2. The van der Waals surface area contributed by atoms with Crippen molar-refractivity contribution >= 4 is 36.3 Å². The predicted octanol–water partition coefficient (Wildman–Crippen LogP) is 2.34. The molecule has 0 heterocycles. The number of hydrogen-bond acceptors (Lipinski definition) is 5. The van der Waals surface area contributed by atoms with E-state index in [1.807, 2.05) is 30.3 Å². The minimum absolute atomic E-state index is 0.185. The van der Waals surface area contributed by atoms with Gasteiger partial charge in [0.1, 0.15) is 0 Å². The van der Waals surface area contributed by atoms with Crippen molar-refractivity contribution in [3.8, 4) is 0 Å². The zero-order valence-electron chi connectivity index (χ0n) is 10.5. The maximum Gasteiger partial charge on any atom is 0.345 e. The largest absolute Gasteiger partial charge is 0.478 e. The van der Waals surface area contributed by atoms with Gasteiger partial charge in [0, 0.05) is 16.4 Å². The van der Waals surface area contributed by atoms with Crippen LogP contribution in [-0.4, -0.2) is 34.7 Å². The molecule has 104 valence electrons. The number of ether oxygens (including phenoxy) is 1. The number of carboxylic acids is 1. The first-order valence-corrected chi connectivity index (χ1v) is 7.38. The molecule has 0 spiro atoms. The molecule has 0 radical (unpaired) electrons. The Labute approximate surface area is 121 Å². The highest BCUT2D eigenvalue weighted by Gasteiger charge is 2.24. The van der Waals surface area contributed by atoms with Crippen LogP contribution in [0.25, 0.3) is 0 Å². The van der Waals surface area contributed by atoms with Crippen molar-refractivity contribution < 1.29 is 19.4 Å². The topological polar surface area (TPSA) is 63.6 Å². The summed E-state index contributed by atoms with van der Waals surface area (Å²) in [6.45, 7) is 1.65. The van der Waals surface area contributed by atoms with Gasteiger partial charge in [-0.2, -0.15) is 12.6 Å². The summed E-state index contributed by atoms with van der Waals surface area (Å²) in [7, 11) is 0. The van der Waals surface area contributed by atoms with Crippen molar-refractivity contribution in [2.75, 3.05) is 11.5 Å². The summed E-state index contributed by atoms with van der Waals surface area (Å²) in [6, 6.07) is 9.37. The Morgan fingerprint density at radius 1 is 1.37 bits per heavy atom. The van der Waals surface area contributed by atoms with Crippen LogP contribution in [0.3, 0.4) is 0 Å². The standard InChI is InChI=1S/C13H16O4S2/c1-9(7-18)13(16)17-11(12(14)15)8-19-10-5-3-2-4-6-10/h2-6,9,11,18H,7-8H2,1H3,(H,14,15)/t9?,11-/m0/s1. The average molecular weight is 300 g/mol. The van der Waals surface area contributed by atoms with Crippen LogP contribution in [-0.2, 0) is 14.3 Å². The van der Waals surface area contributed by atoms with Crippen molar-refractivity contribution in [1.29, 1.82) is 0 Å². The normalized spacial score (nSPS) is 13.6. The molecule has 0 aliphatic heterocycles. The molecule has 1 aromatic rings. The molecule has 0 saturated carbocycles. The second kappa shape index (κ2) is 8.12. The molecule has 0 amide bonds. The van der Waals surface area contributed by atoms with Gasteiger partial charge in [-0.25, -0.2) is 4.79 Å². The predicted molar refractivity (Wildman–Crippen MR) is 77.7 cm³/mol. The van der Waals surface area contributed by atoms with Crippen molar-refractivity contribution in [3.05, 3.63) is 30.3 Å². The minimum atomic E-state index is -1.14. The van der Waals surface area contributed by atoms with E-state index in [-0.39, 0.29) is 5.75 Å². The number of aliphatic carboxylic acids is 1. The molecule has 0 aliphatic carbocycles. The Balaban J connectivity index is 2.54. The molecule has 1 unspecified atom stereocenters. The van der Waals surface area contributed by atoms with Crippen molar-refractivity contribution in [2.45, 2.75) is 17.9 Å². The second-order valence-corrected chi connectivity index (χ2v) is 5.43. The third-order valence-corrected chi connectivity index (χ3v) is 3.98. The summed E-state index contributed by atoms with van der Waals surface area (Å²) < 4.78 is 4.98. The van der Waals surface area contributed by atoms with Crippen LogP contribution in [0.1, 0.15) is 6.92 Å². The molecule has 6 heteroatoms. The van der Waals surface area contributed by atoms with Crippen LogP contribution in [0.5, 0.6) is 0 Å². The van der Waals surface area contributed by atoms with Gasteiger partial charge in [-0.1, -0.05) is 25.1 Å². The third-order valence-electron chi connectivity index (χ3n) is 2.35. The zero-order valence-corrected chi connectivity index (χ0v) is 12.2. The van der Waals surface area contributed by atoms with Crippen LogP contribution in [0.2, 0.25) is 0 Å². The van der Waals surface area contributed by atoms with Crippen LogP contribution in [0.4, 0.5) is 0 Å². The Morgan fingerprint density at radius 2 is 2.00 bits per heavy atom. The van der Waals surface area contributed by atoms with Crippen LogP contribution in [0, 0.1) is 5.92 Å². The lowest BCUT2D eigenvalue weighted by Gasteiger charge is -2.15. The Morgan fingerprint density at radius 3 is 2.53 bits per heavy atom. The van der Waals surface area contributed by atoms with Gasteiger partial charge in [0.05, 0.1) is 5.92 Å². The highest BCUT2D eigenvalue weighted by Crippen LogP contribution is 2.19. The van der Waals surface area contributed by atoms with E-state index >= 15 is 0 Å². The number of carbonyl (C=O) groups is 2. The first-order valence-electron chi connectivity index (χ1n) is 5.76. The molecule has 0 saturated heterocycles. The lowest BCUT2D eigenvalue weighted by molar-refractivity contribution is -0.164. The monoisotopic (exact) mass is 300 g/mol. The number of benzene rings is 1. The molecule has 1 rings (SSSR count). The number of thiol groups is 1. The quantitative estimate of drug-likeness (QED) is 0.460. The summed E-state index contributed by atoms with van der Waals surface area (Å²) in [5.74, 6) is -1.56. The zero-order chi connectivity index (χ0) is 14.3. The molecule has 0 fully saturated rings. The van der Waals surface area contributed by atoms with Crippen LogP contribution >= 0.6 is 24.4 Å². The lowest BCUT2D eigenvalue weighted by Crippen LogP contribution is -2.32. The Kier molecular flexibility index (Phi) is 6.80. The van der Waals surface area contributed by atoms with E-state index in [1.54, 1.807) is 6.92 Å². The minimum Gasteiger partial charge on any atom is -0.478 e. The fourth-order valence-electron chi connectivity index (χ4n) is 1.18. The van der Waals surface area contributed by atoms with Gasteiger partial charge < -0.3 is 9.84 Å². The molecule has 19 heavy (non-hydrogen) atoms. The maximum atomic E-state index is 11.6. The molecular formula is C13H16O4S2. The van der Waals surface area contributed by atoms with Gasteiger partial charge in [0.15, 0.2) is 0 Å². The SMILES string of the molecule is CC(CS)C(=O)O[C@@H](CSc1ccccc1)C(=O)O. The molecule has 2 atom stereocenters. The van der Waals surface area contributed by atoms with E-state index in [2.05, 4.69) is 12.6 Å². The number of thioether (sulfide) groups is 1. The maximum absolute atomic E-state index is 11.6. The van der Waals surface area contributed by atoms with Gasteiger partial charge in [0.25, 0.3) is 0 Å². The third kappa shape index (κ3) is 5.57. The van der Waals surface area contributed by atoms with Gasteiger partial charge >= 0.3 is 11.9 Å². The highest BCUT2D eigenvalue weighted by atomic mass is 32.2. The molecule has 0 aliphatic rings. The second-order valence-electron chi connectivity index (χ2n) is 3.97. The molecule has 0 aromatic heterocycles. The van der Waals surface area contributed by atoms with Crippen molar-refractivity contribution in [3.63, 3.8) is 0 Å².